The first kappa shape index (κ1) is 16.6. The number of ether oxygens (including phenoxy) is 1. The molecule has 0 amide bonds. The summed E-state index contributed by atoms with van der Waals surface area (Å²) in [4.78, 5) is 0. The molecule has 5 nitrogen and oxygen atoms in total. The zero-order valence-electron chi connectivity index (χ0n) is 11.5. The fraction of sp³-hybridized carbons (Fsp3) is 0.500. The SMILES string of the molecule is CCS(=O)CCNCC(O)COc1cccc(C#N)c1. The maximum atomic E-state index is 11.2. The summed E-state index contributed by atoms with van der Waals surface area (Å²) in [5, 5.41) is 21.5. The smallest absolute Gasteiger partial charge is 0.120 e. The van der Waals surface area contributed by atoms with Crippen LogP contribution in [0.2, 0.25) is 0 Å². The fourth-order valence-electron chi connectivity index (χ4n) is 1.51. The predicted molar refractivity (Wildman–Crippen MR) is 79.1 cm³/mol. The normalized spacial score (nSPS) is 13.4. The topological polar surface area (TPSA) is 82.3 Å². The van der Waals surface area contributed by atoms with Crippen LogP contribution in [-0.4, -0.2) is 46.6 Å². The predicted octanol–water partition coefficient (Wildman–Crippen LogP) is 0.656. The van der Waals surface area contributed by atoms with Gasteiger partial charge in [0, 0.05) is 35.4 Å². The highest BCUT2D eigenvalue weighted by Crippen LogP contribution is 2.12. The van der Waals surface area contributed by atoms with Crippen molar-refractivity contribution in [3.63, 3.8) is 0 Å². The molecule has 0 fully saturated rings. The second-order valence-corrected chi connectivity index (χ2v) is 6.11. The van der Waals surface area contributed by atoms with Crippen molar-refractivity contribution in [3.05, 3.63) is 29.8 Å². The highest BCUT2D eigenvalue weighted by Gasteiger charge is 2.05. The lowest BCUT2D eigenvalue weighted by Gasteiger charge is -2.13. The molecule has 0 aliphatic carbocycles. The molecule has 2 atom stereocenters. The lowest BCUT2D eigenvalue weighted by Crippen LogP contribution is -2.33. The zero-order valence-corrected chi connectivity index (χ0v) is 12.4. The van der Waals surface area contributed by atoms with E-state index in [-0.39, 0.29) is 6.61 Å². The lowest BCUT2D eigenvalue weighted by molar-refractivity contribution is 0.107. The number of hydrogen-bond acceptors (Lipinski definition) is 5. The van der Waals surface area contributed by atoms with Crippen LogP contribution < -0.4 is 10.1 Å². The molecular weight excluding hydrogens is 276 g/mol. The summed E-state index contributed by atoms with van der Waals surface area (Å²) in [6.45, 7) is 3.03. The van der Waals surface area contributed by atoms with Gasteiger partial charge in [-0.1, -0.05) is 13.0 Å². The number of aliphatic hydroxyl groups excluding tert-OH is 1. The first-order chi connectivity index (χ1) is 9.65. The Balaban J connectivity index is 2.21. The van der Waals surface area contributed by atoms with Gasteiger partial charge in [0.25, 0.3) is 0 Å². The van der Waals surface area contributed by atoms with E-state index >= 15 is 0 Å². The van der Waals surface area contributed by atoms with Crippen LogP contribution in [0.3, 0.4) is 0 Å². The van der Waals surface area contributed by atoms with Gasteiger partial charge in [-0.2, -0.15) is 5.26 Å². The highest BCUT2D eigenvalue weighted by molar-refractivity contribution is 7.84. The van der Waals surface area contributed by atoms with Crippen molar-refractivity contribution < 1.29 is 14.1 Å². The van der Waals surface area contributed by atoms with Crippen molar-refractivity contribution in [1.82, 2.24) is 5.32 Å². The third-order valence-electron chi connectivity index (χ3n) is 2.61. The largest absolute Gasteiger partial charge is 0.491 e. The Kier molecular flexibility index (Phi) is 7.88. The van der Waals surface area contributed by atoms with Crippen molar-refractivity contribution in [2.75, 3.05) is 31.2 Å². The van der Waals surface area contributed by atoms with Crippen molar-refractivity contribution in [1.29, 1.82) is 5.26 Å². The van der Waals surface area contributed by atoms with Gasteiger partial charge in [0.1, 0.15) is 18.5 Å². The van der Waals surface area contributed by atoms with Crippen LogP contribution in [0.15, 0.2) is 24.3 Å². The van der Waals surface area contributed by atoms with E-state index in [1.807, 2.05) is 13.0 Å². The second kappa shape index (κ2) is 9.48. The second-order valence-electron chi connectivity index (χ2n) is 4.24. The summed E-state index contributed by atoms with van der Waals surface area (Å²) < 4.78 is 16.6. The number of nitrogens with one attached hydrogen (secondary N) is 1. The van der Waals surface area contributed by atoms with Gasteiger partial charge >= 0.3 is 0 Å². The molecule has 0 aliphatic rings. The number of nitriles is 1. The maximum absolute atomic E-state index is 11.2. The van der Waals surface area contributed by atoms with Gasteiger partial charge in [0.05, 0.1) is 11.6 Å². The monoisotopic (exact) mass is 296 g/mol. The van der Waals surface area contributed by atoms with E-state index in [0.29, 0.717) is 35.9 Å². The summed E-state index contributed by atoms with van der Waals surface area (Å²) >= 11 is 0. The number of rotatable bonds is 9. The Morgan fingerprint density at radius 3 is 3.05 bits per heavy atom. The van der Waals surface area contributed by atoms with Crippen LogP contribution in [0.25, 0.3) is 0 Å². The standard InChI is InChI=1S/C14H20N2O3S/c1-2-20(18)7-6-16-10-13(17)11-19-14-5-3-4-12(8-14)9-15/h3-5,8,13,16-17H,2,6-7,10-11H2,1H3. The Hall–Kier alpha value is -1.42. The molecule has 1 aromatic rings. The average Bonchev–Trinajstić information content (AvgIpc) is 2.49. The third-order valence-corrected chi connectivity index (χ3v) is 3.92. The van der Waals surface area contributed by atoms with Gasteiger partial charge in [-0.25, -0.2) is 0 Å². The van der Waals surface area contributed by atoms with Crippen LogP contribution >= 0.6 is 0 Å². The maximum Gasteiger partial charge on any atom is 0.120 e. The Labute approximate surface area is 122 Å². The molecule has 0 aliphatic heterocycles. The molecule has 1 aromatic carbocycles. The van der Waals surface area contributed by atoms with Crippen molar-refractivity contribution in [2.45, 2.75) is 13.0 Å². The third kappa shape index (κ3) is 6.66. The van der Waals surface area contributed by atoms with Gasteiger partial charge < -0.3 is 15.2 Å². The first-order valence-electron chi connectivity index (χ1n) is 6.52. The molecule has 6 heteroatoms. The van der Waals surface area contributed by atoms with Gasteiger partial charge in [-0.3, -0.25) is 4.21 Å². The van der Waals surface area contributed by atoms with E-state index in [0.717, 1.165) is 0 Å². The van der Waals surface area contributed by atoms with Crippen LogP contribution in [-0.2, 0) is 10.8 Å². The molecule has 0 heterocycles. The molecule has 0 bridgehead atoms. The van der Waals surface area contributed by atoms with Crippen molar-refractivity contribution in [2.24, 2.45) is 0 Å². The molecule has 0 aromatic heterocycles. The van der Waals surface area contributed by atoms with Crippen molar-refractivity contribution >= 4 is 10.8 Å². The summed E-state index contributed by atoms with van der Waals surface area (Å²) in [5.74, 6) is 1.81. The first-order valence-corrected chi connectivity index (χ1v) is 8.01. The molecule has 0 saturated carbocycles. The quantitative estimate of drug-likeness (QED) is 0.654. The molecule has 20 heavy (non-hydrogen) atoms. The molecule has 110 valence electrons. The summed E-state index contributed by atoms with van der Waals surface area (Å²) in [7, 11) is -0.785. The number of benzene rings is 1. The molecule has 2 unspecified atom stereocenters. The number of nitrogens with zero attached hydrogens (tertiary/aromatic N) is 1. The van der Waals surface area contributed by atoms with E-state index in [9.17, 15) is 9.32 Å². The Morgan fingerprint density at radius 2 is 2.35 bits per heavy atom. The van der Waals surface area contributed by atoms with Crippen LogP contribution in [0, 0.1) is 11.3 Å². The molecule has 1 rings (SSSR count). The molecule has 0 saturated heterocycles. The highest BCUT2D eigenvalue weighted by atomic mass is 32.2. The summed E-state index contributed by atoms with van der Waals surface area (Å²) in [5.41, 5.74) is 0.525. The lowest BCUT2D eigenvalue weighted by atomic mass is 10.2. The van der Waals surface area contributed by atoms with Crippen LogP contribution in [0.1, 0.15) is 12.5 Å². The minimum Gasteiger partial charge on any atom is -0.491 e. The van der Waals surface area contributed by atoms with E-state index in [4.69, 9.17) is 10.00 Å². The van der Waals surface area contributed by atoms with E-state index in [1.54, 1.807) is 24.3 Å². The van der Waals surface area contributed by atoms with Gasteiger partial charge in [0.2, 0.25) is 0 Å². The van der Waals surface area contributed by atoms with Gasteiger partial charge in [0.15, 0.2) is 0 Å². The number of hydrogen-bond donors (Lipinski definition) is 2. The Bertz CT molecular complexity index is 474. The summed E-state index contributed by atoms with van der Waals surface area (Å²) in [6.07, 6.45) is -0.643. The molecule has 2 N–H and O–H groups in total. The van der Waals surface area contributed by atoms with Crippen molar-refractivity contribution in [3.8, 4) is 11.8 Å². The Morgan fingerprint density at radius 1 is 1.55 bits per heavy atom. The molecule has 0 spiro atoms. The average molecular weight is 296 g/mol. The molecule has 0 radical (unpaired) electrons. The summed E-state index contributed by atoms with van der Waals surface area (Å²) in [6, 6.07) is 8.83. The fourth-order valence-corrected chi connectivity index (χ4v) is 2.17. The molecular formula is C14H20N2O3S. The van der Waals surface area contributed by atoms with Crippen LogP contribution in [0.4, 0.5) is 0 Å². The minimum atomic E-state index is -0.785. The van der Waals surface area contributed by atoms with E-state index in [2.05, 4.69) is 5.32 Å². The van der Waals surface area contributed by atoms with E-state index in [1.165, 1.54) is 0 Å². The van der Waals surface area contributed by atoms with E-state index < -0.39 is 16.9 Å². The zero-order chi connectivity index (χ0) is 14.8. The van der Waals surface area contributed by atoms with Gasteiger partial charge in [-0.15, -0.1) is 0 Å². The minimum absolute atomic E-state index is 0.152. The van der Waals surface area contributed by atoms with Crippen LogP contribution in [0.5, 0.6) is 5.75 Å². The number of aliphatic hydroxyl groups is 1. The van der Waals surface area contributed by atoms with Gasteiger partial charge in [-0.05, 0) is 18.2 Å².